The lowest BCUT2D eigenvalue weighted by Crippen LogP contribution is -2.36. The molecule has 0 unspecified atom stereocenters. The molecule has 1 fully saturated rings. The molecule has 1 aromatic carbocycles. The lowest BCUT2D eigenvalue weighted by Gasteiger charge is -2.31. The van der Waals surface area contributed by atoms with Crippen molar-refractivity contribution in [2.24, 2.45) is 0 Å². The van der Waals surface area contributed by atoms with Gasteiger partial charge < -0.3 is 10.2 Å². The number of likely N-dealkylation sites (N-methyl/N-ethyl adjacent to an activating group) is 1. The van der Waals surface area contributed by atoms with Gasteiger partial charge in [0, 0.05) is 24.8 Å². The van der Waals surface area contributed by atoms with Gasteiger partial charge in [-0.25, -0.2) is 0 Å². The maximum atomic E-state index is 5.99. The standard InChI is InChI=1S/C15H22Cl2N2/c1-19(13-5-3-2-4-6-13)10-9-18-12-7-8-14(16)15(17)11-12/h7-8,11,13,18H,2-6,9-10H2,1H3. The van der Waals surface area contributed by atoms with E-state index in [-0.39, 0.29) is 0 Å². The van der Waals surface area contributed by atoms with Gasteiger partial charge in [-0.3, -0.25) is 0 Å². The molecule has 4 heteroatoms. The average Bonchev–Trinajstić information content (AvgIpc) is 2.43. The first-order valence-electron chi connectivity index (χ1n) is 7.06. The van der Waals surface area contributed by atoms with Gasteiger partial charge in [0.05, 0.1) is 10.0 Å². The number of nitrogens with one attached hydrogen (secondary N) is 1. The molecule has 0 atom stereocenters. The van der Waals surface area contributed by atoms with E-state index in [1.165, 1.54) is 32.1 Å². The minimum absolute atomic E-state index is 0.603. The van der Waals surface area contributed by atoms with Gasteiger partial charge in [-0.05, 0) is 38.1 Å². The summed E-state index contributed by atoms with van der Waals surface area (Å²) in [7, 11) is 2.23. The third kappa shape index (κ3) is 4.55. The lowest BCUT2D eigenvalue weighted by atomic mass is 9.94. The molecule has 0 saturated heterocycles. The fourth-order valence-corrected chi connectivity index (χ4v) is 2.99. The van der Waals surface area contributed by atoms with Crippen LogP contribution in [0.2, 0.25) is 10.0 Å². The molecule has 1 aliphatic carbocycles. The second-order valence-corrected chi connectivity index (χ2v) is 6.14. The van der Waals surface area contributed by atoms with Crippen molar-refractivity contribution in [1.29, 1.82) is 0 Å². The molecule has 19 heavy (non-hydrogen) atoms. The molecule has 0 aromatic heterocycles. The van der Waals surface area contributed by atoms with Gasteiger partial charge >= 0.3 is 0 Å². The van der Waals surface area contributed by atoms with Crippen molar-refractivity contribution in [2.45, 2.75) is 38.1 Å². The van der Waals surface area contributed by atoms with Crippen LogP contribution in [0.3, 0.4) is 0 Å². The van der Waals surface area contributed by atoms with Crippen molar-refractivity contribution in [2.75, 3.05) is 25.5 Å². The number of halogens is 2. The van der Waals surface area contributed by atoms with E-state index in [4.69, 9.17) is 23.2 Å². The highest BCUT2D eigenvalue weighted by Crippen LogP contribution is 2.25. The van der Waals surface area contributed by atoms with Crippen LogP contribution in [0.1, 0.15) is 32.1 Å². The highest BCUT2D eigenvalue weighted by atomic mass is 35.5. The fraction of sp³-hybridized carbons (Fsp3) is 0.600. The third-order valence-corrected chi connectivity index (χ3v) is 4.65. The minimum atomic E-state index is 0.603. The van der Waals surface area contributed by atoms with Crippen molar-refractivity contribution in [3.05, 3.63) is 28.2 Å². The Hall–Kier alpha value is -0.440. The van der Waals surface area contributed by atoms with Gasteiger partial charge in [-0.1, -0.05) is 42.5 Å². The summed E-state index contributed by atoms with van der Waals surface area (Å²) >= 11 is 11.9. The Morgan fingerprint density at radius 1 is 1.16 bits per heavy atom. The second-order valence-electron chi connectivity index (χ2n) is 5.33. The molecule has 106 valence electrons. The Bertz CT molecular complexity index is 403. The number of hydrogen-bond donors (Lipinski definition) is 1. The van der Waals surface area contributed by atoms with E-state index in [2.05, 4.69) is 17.3 Å². The minimum Gasteiger partial charge on any atom is -0.384 e. The summed E-state index contributed by atoms with van der Waals surface area (Å²) in [6, 6.07) is 6.44. The predicted molar refractivity (Wildman–Crippen MR) is 84.5 cm³/mol. The first-order valence-corrected chi connectivity index (χ1v) is 7.81. The molecule has 1 aliphatic rings. The largest absolute Gasteiger partial charge is 0.384 e. The Kier molecular flexibility index (Phi) is 5.80. The summed E-state index contributed by atoms with van der Waals surface area (Å²) < 4.78 is 0. The van der Waals surface area contributed by atoms with Crippen LogP contribution in [0, 0.1) is 0 Å². The number of rotatable bonds is 5. The molecule has 1 saturated carbocycles. The molecule has 0 heterocycles. The summed E-state index contributed by atoms with van der Waals surface area (Å²) in [6.07, 6.45) is 6.88. The van der Waals surface area contributed by atoms with Crippen LogP contribution in [0.5, 0.6) is 0 Å². The highest BCUT2D eigenvalue weighted by molar-refractivity contribution is 6.42. The number of anilines is 1. The fourth-order valence-electron chi connectivity index (χ4n) is 2.69. The summed E-state index contributed by atoms with van der Waals surface area (Å²) in [5, 5.41) is 4.61. The summed E-state index contributed by atoms with van der Waals surface area (Å²) in [6.45, 7) is 2.00. The Labute approximate surface area is 126 Å². The van der Waals surface area contributed by atoms with E-state index < -0.39 is 0 Å². The molecule has 2 nitrogen and oxygen atoms in total. The molecule has 0 amide bonds. The molecule has 0 bridgehead atoms. The SMILES string of the molecule is CN(CCNc1ccc(Cl)c(Cl)c1)C1CCCCC1. The van der Waals surface area contributed by atoms with Gasteiger partial charge in [0.25, 0.3) is 0 Å². The smallest absolute Gasteiger partial charge is 0.0612 e. The molecule has 1 aromatic rings. The first kappa shape index (κ1) is 15.0. The summed E-state index contributed by atoms with van der Waals surface area (Å²) in [4.78, 5) is 2.48. The average molecular weight is 301 g/mol. The number of hydrogen-bond acceptors (Lipinski definition) is 2. The van der Waals surface area contributed by atoms with E-state index in [1.807, 2.05) is 18.2 Å². The van der Waals surface area contributed by atoms with Gasteiger partial charge in [-0.15, -0.1) is 0 Å². The molecule has 1 N–H and O–H groups in total. The molecule has 0 aliphatic heterocycles. The zero-order valence-corrected chi connectivity index (χ0v) is 13.0. The topological polar surface area (TPSA) is 15.3 Å². The maximum absolute atomic E-state index is 5.99. The van der Waals surface area contributed by atoms with Crippen LogP contribution in [-0.2, 0) is 0 Å². The molecular formula is C15H22Cl2N2. The number of nitrogens with zero attached hydrogens (tertiary/aromatic N) is 1. The van der Waals surface area contributed by atoms with Crippen molar-refractivity contribution in [3.8, 4) is 0 Å². The van der Waals surface area contributed by atoms with Crippen molar-refractivity contribution >= 4 is 28.9 Å². The van der Waals surface area contributed by atoms with E-state index in [9.17, 15) is 0 Å². The van der Waals surface area contributed by atoms with Crippen LogP contribution in [0.15, 0.2) is 18.2 Å². The van der Waals surface area contributed by atoms with Crippen LogP contribution in [0.4, 0.5) is 5.69 Å². The molecule has 0 spiro atoms. The number of benzene rings is 1. The Balaban J connectivity index is 1.74. The highest BCUT2D eigenvalue weighted by Gasteiger charge is 2.17. The second kappa shape index (κ2) is 7.37. The van der Waals surface area contributed by atoms with Crippen molar-refractivity contribution in [1.82, 2.24) is 4.90 Å². The summed E-state index contributed by atoms with van der Waals surface area (Å²) in [5.41, 5.74) is 1.03. The van der Waals surface area contributed by atoms with Crippen molar-refractivity contribution < 1.29 is 0 Å². The third-order valence-electron chi connectivity index (χ3n) is 3.91. The zero-order valence-electron chi connectivity index (χ0n) is 11.5. The van der Waals surface area contributed by atoms with Crippen LogP contribution < -0.4 is 5.32 Å². The quantitative estimate of drug-likeness (QED) is 0.850. The lowest BCUT2D eigenvalue weighted by molar-refractivity contribution is 0.198. The molecule has 2 rings (SSSR count). The summed E-state index contributed by atoms with van der Waals surface area (Å²) in [5.74, 6) is 0. The van der Waals surface area contributed by atoms with Gasteiger partial charge in [0.15, 0.2) is 0 Å². The maximum Gasteiger partial charge on any atom is 0.0612 e. The van der Waals surface area contributed by atoms with Gasteiger partial charge in [-0.2, -0.15) is 0 Å². The Morgan fingerprint density at radius 2 is 1.89 bits per heavy atom. The van der Waals surface area contributed by atoms with Crippen molar-refractivity contribution in [3.63, 3.8) is 0 Å². The zero-order chi connectivity index (χ0) is 13.7. The van der Waals surface area contributed by atoms with Crippen LogP contribution >= 0.6 is 23.2 Å². The van der Waals surface area contributed by atoms with Crippen LogP contribution in [0.25, 0.3) is 0 Å². The molecular weight excluding hydrogens is 279 g/mol. The molecule has 0 radical (unpaired) electrons. The van der Waals surface area contributed by atoms with E-state index in [0.717, 1.165) is 24.8 Å². The Morgan fingerprint density at radius 3 is 2.58 bits per heavy atom. The van der Waals surface area contributed by atoms with E-state index in [0.29, 0.717) is 10.0 Å². The normalized spacial score (nSPS) is 16.8. The first-order chi connectivity index (χ1) is 9.16. The predicted octanol–water partition coefficient (Wildman–Crippen LogP) is 4.67. The monoisotopic (exact) mass is 300 g/mol. The van der Waals surface area contributed by atoms with Gasteiger partial charge in [0.2, 0.25) is 0 Å². The van der Waals surface area contributed by atoms with Gasteiger partial charge in [0.1, 0.15) is 0 Å². The van der Waals surface area contributed by atoms with Crippen LogP contribution in [-0.4, -0.2) is 31.1 Å². The van der Waals surface area contributed by atoms with E-state index in [1.54, 1.807) is 0 Å². The van der Waals surface area contributed by atoms with E-state index >= 15 is 0 Å².